The first-order valence-corrected chi connectivity index (χ1v) is 13.2. The summed E-state index contributed by atoms with van der Waals surface area (Å²) in [6.07, 6.45) is 2.88. The molecular formula is C34H31N3O2. The van der Waals surface area contributed by atoms with Crippen molar-refractivity contribution < 1.29 is 9.53 Å². The molecule has 5 heteroatoms. The van der Waals surface area contributed by atoms with Crippen molar-refractivity contribution in [2.75, 3.05) is 13.2 Å². The third kappa shape index (κ3) is 5.88. The molecule has 5 nitrogen and oxygen atoms in total. The van der Waals surface area contributed by atoms with Crippen LogP contribution in [0, 0.1) is 6.92 Å². The van der Waals surface area contributed by atoms with Crippen LogP contribution in [0.1, 0.15) is 18.4 Å². The van der Waals surface area contributed by atoms with Crippen molar-refractivity contribution in [3.05, 3.63) is 115 Å². The van der Waals surface area contributed by atoms with Gasteiger partial charge in [-0.2, -0.15) is 0 Å². The van der Waals surface area contributed by atoms with Crippen LogP contribution in [-0.4, -0.2) is 19.1 Å². The number of hydrogen-bond acceptors (Lipinski definition) is 4. The van der Waals surface area contributed by atoms with Gasteiger partial charge in [-0.15, -0.1) is 10.2 Å². The Morgan fingerprint density at radius 2 is 1.41 bits per heavy atom. The molecule has 0 saturated carbocycles. The average molecular weight is 514 g/mol. The molecule has 1 amide bonds. The van der Waals surface area contributed by atoms with Gasteiger partial charge in [0.1, 0.15) is 17.1 Å². The Kier molecular flexibility index (Phi) is 8.08. The Morgan fingerprint density at radius 3 is 2.15 bits per heavy atom. The number of ether oxygens (including phenoxy) is 1. The molecule has 0 radical (unpaired) electrons. The van der Waals surface area contributed by atoms with E-state index >= 15 is 0 Å². The lowest BCUT2D eigenvalue weighted by Crippen LogP contribution is -2.22. The van der Waals surface area contributed by atoms with Crippen LogP contribution in [0.2, 0.25) is 0 Å². The van der Waals surface area contributed by atoms with Gasteiger partial charge in [0, 0.05) is 22.9 Å². The van der Waals surface area contributed by atoms with Crippen LogP contribution >= 0.6 is 0 Å². The van der Waals surface area contributed by atoms with E-state index in [1.807, 2.05) is 48.5 Å². The smallest absolute Gasteiger partial charge is 0.243 e. The number of nitrogens with one attached hydrogen (secondary N) is 1. The molecule has 0 heterocycles. The molecule has 0 saturated heterocycles. The van der Waals surface area contributed by atoms with Gasteiger partial charge in [0.15, 0.2) is 0 Å². The van der Waals surface area contributed by atoms with E-state index < -0.39 is 0 Å². The summed E-state index contributed by atoms with van der Waals surface area (Å²) in [6.45, 7) is 6.68. The molecule has 0 spiro atoms. The first kappa shape index (κ1) is 25.9. The molecule has 1 N–H and O–H groups in total. The van der Waals surface area contributed by atoms with E-state index in [1.165, 1.54) is 11.6 Å². The number of amides is 1. The van der Waals surface area contributed by atoms with Crippen LogP contribution in [0.3, 0.4) is 0 Å². The fourth-order valence-electron chi connectivity index (χ4n) is 4.70. The van der Waals surface area contributed by atoms with Crippen molar-refractivity contribution >= 4 is 38.8 Å². The second kappa shape index (κ2) is 12.2. The molecule has 0 aliphatic carbocycles. The second-order valence-corrected chi connectivity index (χ2v) is 9.38. The molecule has 0 unspecified atom stereocenters. The van der Waals surface area contributed by atoms with E-state index in [1.54, 1.807) is 0 Å². The number of hydrogen-bond donors (Lipinski definition) is 1. The van der Waals surface area contributed by atoms with Gasteiger partial charge >= 0.3 is 0 Å². The van der Waals surface area contributed by atoms with Gasteiger partial charge in [-0.25, -0.2) is 0 Å². The standard InChI is InChI=1S/C34H31N3O2/c1-3-32(38)35-22-10-11-23-39-31-21-19-26-14-6-9-17-29(26)34(31)37-36-33-28-16-8-5-13-25(28)18-20-30(33)27-15-7-4-12-24(27)2/h3-9,12-21H,1,10-11,22-23H2,2H3,(H,35,38). The lowest BCUT2D eigenvalue weighted by Gasteiger charge is -2.13. The predicted molar refractivity (Wildman–Crippen MR) is 160 cm³/mol. The summed E-state index contributed by atoms with van der Waals surface area (Å²) in [7, 11) is 0. The van der Waals surface area contributed by atoms with Gasteiger partial charge in [0.2, 0.25) is 5.91 Å². The number of nitrogens with zero attached hydrogens (tertiary/aromatic N) is 2. The van der Waals surface area contributed by atoms with E-state index in [-0.39, 0.29) is 5.91 Å². The van der Waals surface area contributed by atoms with E-state index in [2.05, 4.69) is 67.4 Å². The quantitative estimate of drug-likeness (QED) is 0.115. The third-order valence-electron chi connectivity index (χ3n) is 6.76. The lowest BCUT2D eigenvalue weighted by molar-refractivity contribution is -0.116. The molecule has 0 aliphatic heterocycles. The van der Waals surface area contributed by atoms with Crippen LogP contribution < -0.4 is 10.1 Å². The average Bonchev–Trinajstić information content (AvgIpc) is 2.98. The molecule has 5 aromatic carbocycles. The highest BCUT2D eigenvalue weighted by Crippen LogP contribution is 2.42. The maximum Gasteiger partial charge on any atom is 0.243 e. The molecule has 0 atom stereocenters. The molecule has 0 fully saturated rings. The Bertz CT molecular complexity index is 1670. The maximum atomic E-state index is 11.4. The van der Waals surface area contributed by atoms with E-state index in [9.17, 15) is 4.79 Å². The zero-order valence-electron chi connectivity index (χ0n) is 22.1. The molecule has 0 aromatic heterocycles. The Hall–Kier alpha value is -4.77. The summed E-state index contributed by atoms with van der Waals surface area (Å²) in [5, 5.41) is 16.8. The molecule has 0 bridgehead atoms. The van der Waals surface area contributed by atoms with Crippen molar-refractivity contribution in [3.8, 4) is 16.9 Å². The van der Waals surface area contributed by atoms with Gasteiger partial charge in [-0.3, -0.25) is 4.79 Å². The normalized spacial score (nSPS) is 11.2. The minimum absolute atomic E-state index is 0.161. The Labute approximate surface area is 228 Å². The van der Waals surface area contributed by atoms with Gasteiger partial charge in [0.05, 0.1) is 6.61 Å². The van der Waals surface area contributed by atoms with Gasteiger partial charge in [-0.1, -0.05) is 97.6 Å². The lowest BCUT2D eigenvalue weighted by atomic mass is 9.96. The second-order valence-electron chi connectivity index (χ2n) is 9.38. The Morgan fingerprint density at radius 1 is 0.769 bits per heavy atom. The van der Waals surface area contributed by atoms with Gasteiger partial charge < -0.3 is 10.1 Å². The van der Waals surface area contributed by atoms with E-state index in [0.29, 0.717) is 24.6 Å². The van der Waals surface area contributed by atoms with Crippen LogP contribution in [0.25, 0.3) is 32.7 Å². The predicted octanol–water partition coefficient (Wildman–Crippen LogP) is 8.85. The van der Waals surface area contributed by atoms with Crippen LogP contribution in [0.5, 0.6) is 5.75 Å². The minimum atomic E-state index is -0.161. The summed E-state index contributed by atoms with van der Waals surface area (Å²) in [6, 6.07) is 33.0. The van der Waals surface area contributed by atoms with Crippen molar-refractivity contribution in [3.63, 3.8) is 0 Å². The highest BCUT2D eigenvalue weighted by atomic mass is 16.5. The van der Waals surface area contributed by atoms with Crippen molar-refractivity contribution in [1.82, 2.24) is 5.32 Å². The minimum Gasteiger partial charge on any atom is -0.491 e. The van der Waals surface area contributed by atoms with E-state index in [0.717, 1.165) is 51.2 Å². The number of carbonyl (C=O) groups is 1. The molecule has 5 aromatic rings. The number of unbranched alkanes of at least 4 members (excludes halogenated alkanes) is 1. The molecule has 39 heavy (non-hydrogen) atoms. The largest absolute Gasteiger partial charge is 0.491 e. The molecule has 0 aliphatic rings. The zero-order chi connectivity index (χ0) is 27.0. The maximum absolute atomic E-state index is 11.4. The number of fused-ring (bicyclic) bond motifs is 2. The summed E-state index contributed by atoms with van der Waals surface area (Å²) < 4.78 is 6.20. The van der Waals surface area contributed by atoms with Crippen LogP contribution in [0.4, 0.5) is 11.4 Å². The van der Waals surface area contributed by atoms with E-state index in [4.69, 9.17) is 15.0 Å². The molecule has 194 valence electrons. The van der Waals surface area contributed by atoms with Crippen LogP contribution in [-0.2, 0) is 4.79 Å². The molecule has 5 rings (SSSR count). The van der Waals surface area contributed by atoms with Crippen molar-refractivity contribution in [2.45, 2.75) is 19.8 Å². The summed E-state index contributed by atoms with van der Waals surface area (Å²) >= 11 is 0. The van der Waals surface area contributed by atoms with Crippen molar-refractivity contribution in [2.24, 2.45) is 10.2 Å². The number of carbonyl (C=O) groups excluding carboxylic acids is 1. The summed E-state index contributed by atoms with van der Waals surface area (Å²) in [5.74, 6) is 0.525. The highest BCUT2D eigenvalue weighted by molar-refractivity contribution is 6.01. The summed E-state index contributed by atoms with van der Waals surface area (Å²) in [4.78, 5) is 11.4. The number of aryl methyl sites for hydroxylation is 1. The number of azo groups is 1. The van der Waals surface area contributed by atoms with Crippen molar-refractivity contribution in [1.29, 1.82) is 0 Å². The first-order chi connectivity index (χ1) is 19.2. The molecular weight excluding hydrogens is 482 g/mol. The number of rotatable bonds is 10. The third-order valence-corrected chi connectivity index (χ3v) is 6.76. The summed E-state index contributed by atoms with van der Waals surface area (Å²) in [5.41, 5.74) is 4.90. The van der Waals surface area contributed by atoms with Gasteiger partial charge in [0.25, 0.3) is 0 Å². The fraction of sp³-hybridized carbons (Fsp3) is 0.147. The topological polar surface area (TPSA) is 63.0 Å². The monoisotopic (exact) mass is 513 g/mol. The Balaban J connectivity index is 1.51. The first-order valence-electron chi connectivity index (χ1n) is 13.2. The van der Waals surface area contributed by atoms with Gasteiger partial charge in [-0.05, 0) is 53.8 Å². The highest BCUT2D eigenvalue weighted by Gasteiger charge is 2.13. The SMILES string of the molecule is C=CC(=O)NCCCCOc1ccc2ccccc2c1N=Nc1c(-c2ccccc2C)ccc2ccccc12. The number of benzene rings is 5. The zero-order valence-corrected chi connectivity index (χ0v) is 22.1. The van der Waals surface area contributed by atoms with Crippen LogP contribution in [0.15, 0.2) is 120 Å². The fourth-order valence-corrected chi connectivity index (χ4v) is 4.70.